The third-order valence-electron chi connectivity index (χ3n) is 4.24. The van der Waals surface area contributed by atoms with Crippen molar-refractivity contribution in [3.05, 3.63) is 70.8 Å². The second-order valence-corrected chi connectivity index (χ2v) is 6.39. The summed E-state index contributed by atoms with van der Waals surface area (Å²) >= 11 is 0. The lowest BCUT2D eigenvalue weighted by Gasteiger charge is -2.22. The number of hydrogen-bond acceptors (Lipinski definition) is 3. The summed E-state index contributed by atoms with van der Waals surface area (Å²) in [5.41, 5.74) is 3.90. The predicted octanol–water partition coefficient (Wildman–Crippen LogP) is 3.51. The molecule has 0 fully saturated rings. The molecular formula is C20H26N2O2. The van der Waals surface area contributed by atoms with Crippen molar-refractivity contribution < 1.29 is 9.90 Å². The highest BCUT2D eigenvalue weighted by molar-refractivity contribution is 5.87. The number of nitrogens with zero attached hydrogens (tertiary/aromatic N) is 1. The van der Waals surface area contributed by atoms with Gasteiger partial charge in [-0.3, -0.25) is 4.90 Å². The fourth-order valence-corrected chi connectivity index (χ4v) is 2.49. The molecule has 0 unspecified atom stereocenters. The van der Waals surface area contributed by atoms with Crippen molar-refractivity contribution in [1.82, 2.24) is 10.2 Å². The summed E-state index contributed by atoms with van der Waals surface area (Å²) in [5.74, 6) is -0.890. The van der Waals surface area contributed by atoms with Crippen LogP contribution in [-0.2, 0) is 19.6 Å². The van der Waals surface area contributed by atoms with E-state index in [4.69, 9.17) is 5.11 Å². The highest BCUT2D eigenvalue weighted by atomic mass is 16.4. The van der Waals surface area contributed by atoms with Gasteiger partial charge in [-0.25, -0.2) is 4.79 Å². The standard InChI is InChI=1S/C20H26N2O2/c1-15(2)22(3)14-19-9-5-4-8-18(19)13-21-12-16-7-6-10-17(11-16)20(23)24/h4-11,15,21H,12-14H2,1-3H3,(H,23,24). The van der Waals surface area contributed by atoms with Gasteiger partial charge in [0.1, 0.15) is 0 Å². The summed E-state index contributed by atoms with van der Waals surface area (Å²) in [6, 6.07) is 16.0. The maximum Gasteiger partial charge on any atom is 0.335 e. The molecule has 0 aliphatic rings. The van der Waals surface area contributed by atoms with E-state index in [2.05, 4.69) is 55.4 Å². The van der Waals surface area contributed by atoms with Crippen LogP contribution >= 0.6 is 0 Å². The molecule has 0 amide bonds. The monoisotopic (exact) mass is 326 g/mol. The molecule has 128 valence electrons. The van der Waals surface area contributed by atoms with Crippen molar-refractivity contribution in [2.45, 2.75) is 39.5 Å². The molecule has 0 aliphatic heterocycles. The Morgan fingerprint density at radius 1 is 1.08 bits per heavy atom. The van der Waals surface area contributed by atoms with Gasteiger partial charge < -0.3 is 10.4 Å². The van der Waals surface area contributed by atoms with Crippen LogP contribution in [0.2, 0.25) is 0 Å². The normalized spacial score (nSPS) is 11.2. The minimum Gasteiger partial charge on any atom is -0.478 e. The number of carboxylic acid groups (broad SMARTS) is 1. The van der Waals surface area contributed by atoms with Crippen molar-refractivity contribution >= 4 is 5.97 Å². The Morgan fingerprint density at radius 2 is 1.79 bits per heavy atom. The van der Waals surface area contributed by atoms with Gasteiger partial charge in [-0.1, -0.05) is 36.4 Å². The molecule has 0 bridgehead atoms. The first-order valence-corrected chi connectivity index (χ1v) is 8.27. The van der Waals surface area contributed by atoms with E-state index in [1.54, 1.807) is 18.2 Å². The van der Waals surface area contributed by atoms with E-state index in [0.29, 0.717) is 18.2 Å². The van der Waals surface area contributed by atoms with Crippen LogP contribution in [0.4, 0.5) is 0 Å². The van der Waals surface area contributed by atoms with E-state index in [1.165, 1.54) is 11.1 Å². The van der Waals surface area contributed by atoms with E-state index in [-0.39, 0.29) is 0 Å². The van der Waals surface area contributed by atoms with Gasteiger partial charge in [0.25, 0.3) is 0 Å². The first kappa shape index (κ1) is 18.2. The van der Waals surface area contributed by atoms with Gasteiger partial charge >= 0.3 is 5.97 Å². The summed E-state index contributed by atoms with van der Waals surface area (Å²) < 4.78 is 0. The fraction of sp³-hybridized carbons (Fsp3) is 0.350. The van der Waals surface area contributed by atoms with E-state index in [1.807, 2.05) is 6.07 Å². The van der Waals surface area contributed by atoms with Crippen LogP contribution in [0.5, 0.6) is 0 Å². The van der Waals surface area contributed by atoms with Gasteiger partial charge in [0.15, 0.2) is 0 Å². The first-order chi connectivity index (χ1) is 11.5. The third kappa shape index (κ3) is 5.18. The maximum absolute atomic E-state index is 11.0. The number of hydrogen-bond donors (Lipinski definition) is 2. The van der Waals surface area contributed by atoms with Crippen LogP contribution in [0.1, 0.15) is 40.9 Å². The number of carboxylic acids is 1. The number of rotatable bonds is 8. The van der Waals surface area contributed by atoms with Crippen LogP contribution in [0.15, 0.2) is 48.5 Å². The summed E-state index contributed by atoms with van der Waals surface area (Å²) in [6.07, 6.45) is 0. The molecule has 2 aromatic rings. The molecular weight excluding hydrogens is 300 g/mol. The zero-order valence-corrected chi connectivity index (χ0v) is 14.6. The van der Waals surface area contributed by atoms with E-state index < -0.39 is 5.97 Å². The third-order valence-corrected chi connectivity index (χ3v) is 4.24. The Bertz CT molecular complexity index is 683. The van der Waals surface area contributed by atoms with Crippen molar-refractivity contribution in [2.75, 3.05) is 7.05 Å². The summed E-state index contributed by atoms with van der Waals surface area (Å²) in [7, 11) is 2.13. The average molecular weight is 326 g/mol. The molecule has 0 radical (unpaired) electrons. The SMILES string of the molecule is CC(C)N(C)Cc1ccccc1CNCc1cccc(C(=O)O)c1. The lowest BCUT2D eigenvalue weighted by atomic mass is 10.1. The molecule has 0 atom stereocenters. The van der Waals surface area contributed by atoms with Crippen LogP contribution in [-0.4, -0.2) is 29.1 Å². The second-order valence-electron chi connectivity index (χ2n) is 6.39. The van der Waals surface area contributed by atoms with E-state index in [9.17, 15) is 4.79 Å². The Labute approximate surface area is 144 Å². The fourth-order valence-electron chi connectivity index (χ4n) is 2.49. The van der Waals surface area contributed by atoms with Crippen molar-refractivity contribution in [3.63, 3.8) is 0 Å². The molecule has 0 saturated heterocycles. The number of aromatic carboxylic acids is 1. The average Bonchev–Trinajstić information content (AvgIpc) is 2.56. The van der Waals surface area contributed by atoms with Gasteiger partial charge in [-0.15, -0.1) is 0 Å². The van der Waals surface area contributed by atoms with Crippen molar-refractivity contribution in [2.24, 2.45) is 0 Å². The summed E-state index contributed by atoms with van der Waals surface area (Å²) in [6.45, 7) is 6.71. The molecule has 2 rings (SSSR count). The Kier molecular flexibility index (Phi) is 6.53. The minimum absolute atomic E-state index is 0.327. The number of carbonyl (C=O) groups is 1. The molecule has 4 nitrogen and oxygen atoms in total. The molecule has 4 heteroatoms. The number of nitrogens with one attached hydrogen (secondary N) is 1. The Hall–Kier alpha value is -2.17. The zero-order valence-electron chi connectivity index (χ0n) is 14.6. The zero-order chi connectivity index (χ0) is 17.5. The largest absolute Gasteiger partial charge is 0.478 e. The molecule has 0 aliphatic carbocycles. The maximum atomic E-state index is 11.0. The molecule has 2 aromatic carbocycles. The van der Waals surface area contributed by atoms with Gasteiger partial charge in [-0.05, 0) is 49.7 Å². The summed E-state index contributed by atoms with van der Waals surface area (Å²) in [5, 5.41) is 12.5. The molecule has 2 N–H and O–H groups in total. The molecule has 24 heavy (non-hydrogen) atoms. The predicted molar refractivity (Wildman–Crippen MR) is 97.0 cm³/mol. The van der Waals surface area contributed by atoms with Gasteiger partial charge in [0, 0.05) is 25.7 Å². The van der Waals surface area contributed by atoms with Crippen LogP contribution in [0, 0.1) is 0 Å². The second kappa shape index (κ2) is 8.62. The lowest BCUT2D eigenvalue weighted by molar-refractivity contribution is 0.0696. The lowest BCUT2D eigenvalue weighted by Crippen LogP contribution is -2.26. The molecule has 0 heterocycles. The summed E-state index contributed by atoms with van der Waals surface area (Å²) in [4.78, 5) is 13.3. The smallest absolute Gasteiger partial charge is 0.335 e. The quantitative estimate of drug-likeness (QED) is 0.779. The number of benzene rings is 2. The van der Waals surface area contributed by atoms with Gasteiger partial charge in [-0.2, -0.15) is 0 Å². The Balaban J connectivity index is 1.97. The molecule has 0 saturated carbocycles. The molecule has 0 spiro atoms. The first-order valence-electron chi connectivity index (χ1n) is 8.27. The van der Waals surface area contributed by atoms with Crippen LogP contribution in [0.3, 0.4) is 0 Å². The van der Waals surface area contributed by atoms with Crippen LogP contribution < -0.4 is 5.32 Å². The van der Waals surface area contributed by atoms with Gasteiger partial charge in [0.05, 0.1) is 5.56 Å². The van der Waals surface area contributed by atoms with Crippen molar-refractivity contribution in [1.29, 1.82) is 0 Å². The minimum atomic E-state index is -0.890. The Morgan fingerprint density at radius 3 is 2.46 bits per heavy atom. The van der Waals surface area contributed by atoms with E-state index >= 15 is 0 Å². The van der Waals surface area contributed by atoms with Gasteiger partial charge in [0.2, 0.25) is 0 Å². The highest BCUT2D eigenvalue weighted by Gasteiger charge is 2.08. The van der Waals surface area contributed by atoms with Crippen molar-refractivity contribution in [3.8, 4) is 0 Å². The molecule has 0 aromatic heterocycles. The highest BCUT2D eigenvalue weighted by Crippen LogP contribution is 2.13. The van der Waals surface area contributed by atoms with Crippen LogP contribution in [0.25, 0.3) is 0 Å². The topological polar surface area (TPSA) is 52.6 Å². The van der Waals surface area contributed by atoms with E-state index in [0.717, 1.165) is 18.7 Å².